The maximum Gasteiger partial charge on any atom is 0.143 e. The first kappa shape index (κ1) is 13.3. The monoisotopic (exact) mass is 251 g/mol. The highest BCUT2D eigenvalue weighted by atomic mass is 19.1. The molecule has 3 nitrogen and oxygen atoms in total. The van der Waals surface area contributed by atoms with Crippen LogP contribution in [0.3, 0.4) is 0 Å². The topological polar surface area (TPSA) is 28.2 Å². The van der Waals surface area contributed by atoms with Gasteiger partial charge < -0.3 is 10.2 Å². The van der Waals surface area contributed by atoms with Crippen LogP contribution >= 0.6 is 0 Å². The molecule has 0 radical (unpaired) electrons. The van der Waals surface area contributed by atoms with Gasteiger partial charge in [-0.25, -0.2) is 4.39 Å². The Balaban J connectivity index is 2.10. The lowest BCUT2D eigenvalue weighted by Crippen LogP contribution is -2.43. The molecule has 0 bridgehead atoms. The van der Waals surface area contributed by atoms with Crippen LogP contribution in [0.25, 0.3) is 0 Å². The number of hydrogen-bond donors (Lipinski definition) is 1. The molecule has 2 heterocycles. The predicted molar refractivity (Wildman–Crippen MR) is 72.3 cm³/mol. The first-order chi connectivity index (χ1) is 8.69. The van der Waals surface area contributed by atoms with Crippen LogP contribution in [-0.4, -0.2) is 30.7 Å². The van der Waals surface area contributed by atoms with Crippen LogP contribution in [0.5, 0.6) is 0 Å². The van der Waals surface area contributed by atoms with E-state index in [4.69, 9.17) is 0 Å². The normalized spacial score (nSPS) is 25.6. The van der Waals surface area contributed by atoms with E-state index in [-0.39, 0.29) is 5.82 Å². The molecule has 100 valence electrons. The van der Waals surface area contributed by atoms with Crippen LogP contribution in [0.4, 0.5) is 10.1 Å². The largest absolute Gasteiger partial charge is 0.370 e. The van der Waals surface area contributed by atoms with Gasteiger partial charge in [0.15, 0.2) is 0 Å². The summed E-state index contributed by atoms with van der Waals surface area (Å²) in [6, 6.07) is 2.15. The van der Waals surface area contributed by atoms with Crippen molar-refractivity contribution in [2.24, 2.45) is 5.92 Å². The van der Waals surface area contributed by atoms with Crippen LogP contribution in [-0.2, 0) is 0 Å². The van der Waals surface area contributed by atoms with Gasteiger partial charge in [-0.05, 0) is 25.3 Å². The van der Waals surface area contributed by atoms with Gasteiger partial charge in [0.25, 0.3) is 0 Å². The van der Waals surface area contributed by atoms with E-state index in [2.05, 4.69) is 29.0 Å². The van der Waals surface area contributed by atoms with Gasteiger partial charge in [0.1, 0.15) is 5.82 Å². The van der Waals surface area contributed by atoms with Crippen molar-refractivity contribution in [1.82, 2.24) is 10.3 Å². The summed E-state index contributed by atoms with van der Waals surface area (Å²) in [5.74, 6) is 0.301. The van der Waals surface area contributed by atoms with Gasteiger partial charge in [-0.15, -0.1) is 0 Å². The summed E-state index contributed by atoms with van der Waals surface area (Å²) >= 11 is 0. The molecule has 2 atom stereocenters. The summed E-state index contributed by atoms with van der Waals surface area (Å²) in [7, 11) is 0. The van der Waals surface area contributed by atoms with Crippen LogP contribution in [0.2, 0.25) is 0 Å². The average molecular weight is 251 g/mol. The van der Waals surface area contributed by atoms with Crippen molar-refractivity contribution in [1.29, 1.82) is 0 Å². The van der Waals surface area contributed by atoms with E-state index in [9.17, 15) is 4.39 Å². The average Bonchev–Trinajstić information content (AvgIpc) is 2.34. The Labute approximate surface area is 108 Å². The molecule has 2 unspecified atom stereocenters. The summed E-state index contributed by atoms with van der Waals surface area (Å²) in [4.78, 5) is 6.20. The molecule has 1 aliphatic heterocycles. The van der Waals surface area contributed by atoms with Crippen molar-refractivity contribution in [2.45, 2.75) is 32.7 Å². The van der Waals surface area contributed by atoms with Crippen LogP contribution < -0.4 is 10.2 Å². The minimum atomic E-state index is -0.257. The van der Waals surface area contributed by atoms with Crippen LogP contribution in [0, 0.1) is 11.7 Å². The van der Waals surface area contributed by atoms with Gasteiger partial charge in [0.05, 0.1) is 18.1 Å². The van der Waals surface area contributed by atoms with E-state index in [1.807, 2.05) is 0 Å². The van der Waals surface area contributed by atoms with Crippen molar-refractivity contribution < 1.29 is 4.39 Å². The molecule has 1 N–H and O–H groups in total. The molecule has 1 aliphatic rings. The molecule has 1 saturated heterocycles. The highest BCUT2D eigenvalue weighted by Gasteiger charge is 2.18. The van der Waals surface area contributed by atoms with E-state index in [0.717, 1.165) is 38.2 Å². The van der Waals surface area contributed by atoms with Gasteiger partial charge in [0.2, 0.25) is 0 Å². The van der Waals surface area contributed by atoms with Crippen molar-refractivity contribution in [3.8, 4) is 0 Å². The third kappa shape index (κ3) is 3.42. The zero-order valence-electron chi connectivity index (χ0n) is 11.2. The summed E-state index contributed by atoms with van der Waals surface area (Å²) in [5.41, 5.74) is 0.901. The van der Waals surface area contributed by atoms with E-state index in [1.165, 1.54) is 6.20 Å². The Morgan fingerprint density at radius 2 is 2.33 bits per heavy atom. The Hall–Kier alpha value is -1.16. The summed E-state index contributed by atoms with van der Waals surface area (Å²) < 4.78 is 13.2. The van der Waals surface area contributed by atoms with Crippen LogP contribution in [0.1, 0.15) is 26.7 Å². The number of nitrogens with one attached hydrogen (secondary N) is 1. The molecule has 1 aromatic rings. The molecule has 18 heavy (non-hydrogen) atoms. The van der Waals surface area contributed by atoms with Gasteiger partial charge in [-0.1, -0.05) is 13.8 Å². The maximum atomic E-state index is 13.2. The standard InChI is InChI=1S/C14H22FN3/c1-3-13-4-5-18(10-11(2)7-17-13)14-6-12(15)8-16-9-14/h6,8-9,11,13,17H,3-5,7,10H2,1-2H3. The Morgan fingerprint density at radius 1 is 1.50 bits per heavy atom. The molecular weight excluding hydrogens is 229 g/mol. The lowest BCUT2D eigenvalue weighted by atomic mass is 10.0. The number of nitrogens with zero attached hydrogens (tertiary/aromatic N) is 2. The number of hydrogen-bond acceptors (Lipinski definition) is 3. The summed E-state index contributed by atoms with van der Waals surface area (Å²) in [6.07, 6.45) is 5.25. The molecule has 0 aliphatic carbocycles. The fourth-order valence-electron chi connectivity index (χ4n) is 2.47. The highest BCUT2D eigenvalue weighted by molar-refractivity contribution is 5.44. The Kier molecular flexibility index (Phi) is 4.53. The van der Waals surface area contributed by atoms with Gasteiger partial charge in [-0.2, -0.15) is 0 Å². The summed E-state index contributed by atoms with van der Waals surface area (Å²) in [5, 5.41) is 3.59. The lowest BCUT2D eigenvalue weighted by molar-refractivity contribution is 0.387. The van der Waals surface area contributed by atoms with E-state index < -0.39 is 0 Å². The molecule has 0 aromatic carbocycles. The highest BCUT2D eigenvalue weighted by Crippen LogP contribution is 2.18. The third-order valence-electron chi connectivity index (χ3n) is 3.58. The fourth-order valence-corrected chi connectivity index (χ4v) is 2.47. The van der Waals surface area contributed by atoms with Gasteiger partial charge >= 0.3 is 0 Å². The zero-order chi connectivity index (χ0) is 13.0. The molecule has 4 heteroatoms. The number of aromatic nitrogens is 1. The van der Waals surface area contributed by atoms with E-state index in [1.54, 1.807) is 12.3 Å². The fraction of sp³-hybridized carbons (Fsp3) is 0.643. The van der Waals surface area contributed by atoms with Crippen LogP contribution in [0.15, 0.2) is 18.5 Å². The Morgan fingerprint density at radius 3 is 3.06 bits per heavy atom. The zero-order valence-corrected chi connectivity index (χ0v) is 11.2. The molecule has 0 saturated carbocycles. The van der Waals surface area contributed by atoms with Crippen molar-refractivity contribution in [3.05, 3.63) is 24.3 Å². The first-order valence-corrected chi connectivity index (χ1v) is 6.78. The SMILES string of the molecule is CCC1CCN(c2cncc(F)c2)CC(C)CN1. The molecule has 1 aromatic heterocycles. The molecule has 2 rings (SSSR count). The number of halogens is 1. The second-order valence-corrected chi connectivity index (χ2v) is 5.21. The van der Waals surface area contributed by atoms with Gasteiger partial charge in [0, 0.05) is 25.2 Å². The smallest absolute Gasteiger partial charge is 0.143 e. The lowest BCUT2D eigenvalue weighted by Gasteiger charge is -2.33. The van der Waals surface area contributed by atoms with Gasteiger partial charge in [-0.3, -0.25) is 4.98 Å². The number of anilines is 1. The predicted octanol–water partition coefficient (Wildman–Crippen LogP) is 2.44. The summed E-state index contributed by atoms with van der Waals surface area (Å²) in [6.45, 7) is 7.37. The van der Waals surface area contributed by atoms with Crippen molar-refractivity contribution in [3.63, 3.8) is 0 Å². The minimum Gasteiger partial charge on any atom is -0.370 e. The van der Waals surface area contributed by atoms with Crippen molar-refractivity contribution >= 4 is 5.69 Å². The van der Waals surface area contributed by atoms with E-state index >= 15 is 0 Å². The molecular formula is C14H22FN3. The first-order valence-electron chi connectivity index (χ1n) is 6.78. The maximum absolute atomic E-state index is 13.2. The van der Waals surface area contributed by atoms with E-state index in [0.29, 0.717) is 12.0 Å². The third-order valence-corrected chi connectivity index (χ3v) is 3.58. The second-order valence-electron chi connectivity index (χ2n) is 5.21. The number of rotatable bonds is 2. The molecule has 1 fully saturated rings. The van der Waals surface area contributed by atoms with Crippen molar-refractivity contribution in [2.75, 3.05) is 24.5 Å². The Bertz CT molecular complexity index is 383. The molecule has 0 spiro atoms. The molecule has 0 amide bonds. The number of pyridine rings is 1. The quantitative estimate of drug-likeness (QED) is 0.875. The minimum absolute atomic E-state index is 0.257. The second kappa shape index (κ2) is 6.14.